The molecule has 4 heteroatoms. The number of hydrogen-bond acceptors (Lipinski definition) is 2. The van der Waals surface area contributed by atoms with Crippen molar-refractivity contribution in [1.29, 1.82) is 0 Å². The van der Waals surface area contributed by atoms with E-state index in [4.69, 9.17) is 12.2 Å². The average Bonchev–Trinajstić information content (AvgIpc) is 3.04. The summed E-state index contributed by atoms with van der Waals surface area (Å²) in [6, 6.07) is 5.96. The summed E-state index contributed by atoms with van der Waals surface area (Å²) in [7, 11) is 0. The second kappa shape index (κ2) is 3.31. The molecule has 1 aliphatic rings. The first-order valence-electron chi connectivity index (χ1n) is 5.07. The fraction of sp³-hybridized carbons (Fsp3) is 0.273. The summed E-state index contributed by atoms with van der Waals surface area (Å²) in [4.78, 5) is 3.99. The van der Waals surface area contributed by atoms with Crippen molar-refractivity contribution in [2.24, 2.45) is 0 Å². The highest BCUT2D eigenvalue weighted by Crippen LogP contribution is 2.39. The third-order valence-corrected chi connectivity index (χ3v) is 2.98. The molecule has 2 aromatic rings. The SMILES string of the molecule is S=c1cc(C2CC2)[nH]n1-c1ccncc1. The van der Waals surface area contributed by atoms with E-state index in [0.29, 0.717) is 5.92 Å². The van der Waals surface area contributed by atoms with E-state index >= 15 is 0 Å². The highest BCUT2D eigenvalue weighted by molar-refractivity contribution is 7.71. The smallest absolute Gasteiger partial charge is 0.127 e. The van der Waals surface area contributed by atoms with Crippen LogP contribution in [-0.4, -0.2) is 14.8 Å². The van der Waals surface area contributed by atoms with Crippen LogP contribution in [0.1, 0.15) is 24.5 Å². The first kappa shape index (κ1) is 8.85. The Bertz CT molecular complexity index is 522. The van der Waals surface area contributed by atoms with Crippen molar-refractivity contribution in [3.8, 4) is 5.69 Å². The Morgan fingerprint density at radius 2 is 2.07 bits per heavy atom. The van der Waals surface area contributed by atoms with Crippen LogP contribution in [-0.2, 0) is 0 Å². The normalized spacial score (nSPS) is 15.5. The zero-order chi connectivity index (χ0) is 10.3. The largest absolute Gasteiger partial charge is 0.297 e. The lowest BCUT2D eigenvalue weighted by molar-refractivity contribution is 0.828. The standard InChI is InChI=1S/C11H11N3S/c15-11-7-10(8-1-2-8)13-14(11)9-3-5-12-6-4-9/h3-8,13H,1-2H2. The van der Waals surface area contributed by atoms with Crippen LogP contribution in [0.15, 0.2) is 30.6 Å². The van der Waals surface area contributed by atoms with Crippen molar-refractivity contribution in [3.05, 3.63) is 40.9 Å². The van der Waals surface area contributed by atoms with E-state index < -0.39 is 0 Å². The summed E-state index contributed by atoms with van der Waals surface area (Å²) in [6.45, 7) is 0. The quantitative estimate of drug-likeness (QED) is 0.785. The van der Waals surface area contributed by atoms with Crippen molar-refractivity contribution >= 4 is 12.2 Å². The van der Waals surface area contributed by atoms with E-state index in [1.807, 2.05) is 16.8 Å². The third-order valence-electron chi connectivity index (χ3n) is 2.68. The molecule has 0 spiro atoms. The summed E-state index contributed by atoms with van der Waals surface area (Å²) >= 11 is 5.31. The van der Waals surface area contributed by atoms with Gasteiger partial charge in [0.15, 0.2) is 0 Å². The van der Waals surface area contributed by atoms with Gasteiger partial charge in [0, 0.05) is 24.0 Å². The van der Waals surface area contributed by atoms with Crippen LogP contribution in [0.2, 0.25) is 0 Å². The Labute approximate surface area is 92.8 Å². The summed E-state index contributed by atoms with van der Waals surface area (Å²) in [5, 5.41) is 3.34. The van der Waals surface area contributed by atoms with Gasteiger partial charge in [0.2, 0.25) is 0 Å². The number of aromatic amines is 1. The predicted molar refractivity (Wildman–Crippen MR) is 60.7 cm³/mol. The number of nitrogens with zero attached hydrogens (tertiary/aromatic N) is 2. The fourth-order valence-corrected chi connectivity index (χ4v) is 1.98. The molecule has 2 heterocycles. The van der Waals surface area contributed by atoms with Crippen LogP contribution < -0.4 is 0 Å². The van der Waals surface area contributed by atoms with Crippen LogP contribution in [0.4, 0.5) is 0 Å². The molecule has 0 bridgehead atoms. The first-order valence-corrected chi connectivity index (χ1v) is 5.48. The Kier molecular flexibility index (Phi) is 1.95. The second-order valence-electron chi connectivity index (χ2n) is 3.86. The summed E-state index contributed by atoms with van der Waals surface area (Å²) < 4.78 is 2.77. The summed E-state index contributed by atoms with van der Waals surface area (Å²) in [5.74, 6) is 0.704. The molecule has 0 unspecified atom stereocenters. The van der Waals surface area contributed by atoms with E-state index in [0.717, 1.165) is 10.3 Å². The van der Waals surface area contributed by atoms with Gasteiger partial charge in [-0.25, -0.2) is 4.68 Å². The molecule has 2 aromatic heterocycles. The van der Waals surface area contributed by atoms with Gasteiger partial charge in [0.25, 0.3) is 0 Å². The van der Waals surface area contributed by atoms with Gasteiger partial charge in [0.1, 0.15) is 4.64 Å². The topological polar surface area (TPSA) is 33.6 Å². The van der Waals surface area contributed by atoms with Crippen molar-refractivity contribution in [2.45, 2.75) is 18.8 Å². The van der Waals surface area contributed by atoms with Gasteiger partial charge in [-0.3, -0.25) is 10.1 Å². The van der Waals surface area contributed by atoms with E-state index in [9.17, 15) is 0 Å². The predicted octanol–water partition coefficient (Wildman–Crippen LogP) is 2.81. The maximum atomic E-state index is 5.31. The molecule has 3 rings (SSSR count). The van der Waals surface area contributed by atoms with Crippen LogP contribution in [0, 0.1) is 4.64 Å². The van der Waals surface area contributed by atoms with Crippen molar-refractivity contribution in [3.63, 3.8) is 0 Å². The van der Waals surface area contributed by atoms with Gasteiger partial charge in [-0.05, 0) is 31.0 Å². The number of rotatable bonds is 2. The number of H-pyrrole nitrogens is 1. The van der Waals surface area contributed by atoms with Gasteiger partial charge < -0.3 is 0 Å². The van der Waals surface area contributed by atoms with Gasteiger partial charge in [-0.1, -0.05) is 12.2 Å². The lowest BCUT2D eigenvalue weighted by Crippen LogP contribution is -1.96. The number of aromatic nitrogens is 3. The van der Waals surface area contributed by atoms with Crippen molar-refractivity contribution in [2.75, 3.05) is 0 Å². The molecule has 1 aliphatic carbocycles. The van der Waals surface area contributed by atoms with Crippen LogP contribution in [0.25, 0.3) is 5.69 Å². The molecule has 0 aromatic carbocycles. The monoisotopic (exact) mass is 217 g/mol. The van der Waals surface area contributed by atoms with Gasteiger partial charge in [0.05, 0.1) is 5.69 Å². The Morgan fingerprint density at radius 1 is 1.33 bits per heavy atom. The molecule has 0 saturated heterocycles. The van der Waals surface area contributed by atoms with E-state index in [1.165, 1.54) is 18.5 Å². The van der Waals surface area contributed by atoms with E-state index in [2.05, 4.69) is 16.1 Å². The highest BCUT2D eigenvalue weighted by Gasteiger charge is 2.25. The number of pyridine rings is 1. The Morgan fingerprint density at radius 3 is 2.73 bits per heavy atom. The molecular weight excluding hydrogens is 206 g/mol. The lowest BCUT2D eigenvalue weighted by Gasteiger charge is -2.01. The summed E-state index contributed by atoms with van der Waals surface area (Å²) in [5.41, 5.74) is 2.30. The highest BCUT2D eigenvalue weighted by atomic mass is 32.1. The number of hydrogen-bond donors (Lipinski definition) is 1. The molecule has 0 amide bonds. The van der Waals surface area contributed by atoms with Crippen LogP contribution in [0.5, 0.6) is 0 Å². The molecule has 1 N–H and O–H groups in total. The maximum absolute atomic E-state index is 5.31. The number of nitrogens with one attached hydrogen (secondary N) is 1. The summed E-state index contributed by atoms with van der Waals surface area (Å²) in [6.07, 6.45) is 6.11. The molecule has 1 saturated carbocycles. The molecule has 76 valence electrons. The minimum Gasteiger partial charge on any atom is -0.297 e. The maximum Gasteiger partial charge on any atom is 0.127 e. The van der Waals surface area contributed by atoms with Crippen molar-refractivity contribution < 1.29 is 0 Å². The first-order chi connectivity index (χ1) is 7.34. The van der Waals surface area contributed by atoms with Gasteiger partial charge in [-0.15, -0.1) is 0 Å². The molecule has 1 fully saturated rings. The Balaban J connectivity index is 2.08. The van der Waals surface area contributed by atoms with Gasteiger partial charge >= 0.3 is 0 Å². The lowest BCUT2D eigenvalue weighted by atomic mass is 10.3. The minimum absolute atomic E-state index is 0.704. The minimum atomic E-state index is 0.704. The Hall–Kier alpha value is -1.42. The van der Waals surface area contributed by atoms with E-state index in [-0.39, 0.29) is 0 Å². The zero-order valence-electron chi connectivity index (χ0n) is 8.18. The van der Waals surface area contributed by atoms with Crippen molar-refractivity contribution in [1.82, 2.24) is 14.8 Å². The average molecular weight is 217 g/mol. The van der Waals surface area contributed by atoms with Gasteiger partial charge in [-0.2, -0.15) is 0 Å². The molecule has 3 nitrogen and oxygen atoms in total. The van der Waals surface area contributed by atoms with Crippen LogP contribution in [0.3, 0.4) is 0 Å². The fourth-order valence-electron chi connectivity index (χ4n) is 1.70. The third kappa shape index (κ3) is 1.61. The molecular formula is C11H11N3S. The zero-order valence-corrected chi connectivity index (χ0v) is 9.00. The molecule has 15 heavy (non-hydrogen) atoms. The van der Waals surface area contributed by atoms with Crippen LogP contribution >= 0.6 is 12.2 Å². The van der Waals surface area contributed by atoms with E-state index in [1.54, 1.807) is 12.4 Å². The molecule has 0 aliphatic heterocycles. The second-order valence-corrected chi connectivity index (χ2v) is 4.28. The molecule has 0 atom stereocenters. The molecule has 0 radical (unpaired) electrons.